The summed E-state index contributed by atoms with van der Waals surface area (Å²) in [6.07, 6.45) is 8.41. The molecule has 3 fully saturated rings. The maximum absolute atomic E-state index is 12.9. The minimum atomic E-state index is -0.120. The van der Waals surface area contributed by atoms with Crippen LogP contribution < -0.4 is 0 Å². The molecule has 138 valence electrons. The molecule has 0 aromatic carbocycles. The lowest BCUT2D eigenvalue weighted by Gasteiger charge is -2.57. The first-order valence-corrected chi connectivity index (χ1v) is 10.3. The van der Waals surface area contributed by atoms with Crippen molar-refractivity contribution in [3.8, 4) is 0 Å². The second-order valence-electron chi connectivity index (χ2n) is 9.63. The average molecular weight is 344 g/mol. The van der Waals surface area contributed by atoms with Gasteiger partial charge in [0.25, 0.3) is 0 Å². The van der Waals surface area contributed by atoms with Crippen LogP contribution in [0.3, 0.4) is 0 Å². The summed E-state index contributed by atoms with van der Waals surface area (Å²) in [4.78, 5) is 24.9. The Labute approximate surface area is 151 Å². The SMILES string of the molecule is CCCC1CC(=O)[C@@]2(C)CC[C@@H]3[C@@H](CCC4=C(O)C(=O)CC[C@@]43C)[C@H]12. The molecule has 0 spiro atoms. The van der Waals surface area contributed by atoms with Crippen molar-refractivity contribution in [1.82, 2.24) is 0 Å². The first kappa shape index (κ1) is 17.3. The Bertz CT molecular complexity index is 648. The molecule has 1 unspecified atom stereocenters. The Balaban J connectivity index is 1.73. The quantitative estimate of drug-likeness (QED) is 0.767. The molecule has 0 bridgehead atoms. The lowest BCUT2D eigenvalue weighted by atomic mass is 9.46. The zero-order valence-electron chi connectivity index (χ0n) is 15.9. The number of carbonyl (C=O) groups is 2. The fraction of sp³-hybridized carbons (Fsp3) is 0.818. The predicted molar refractivity (Wildman–Crippen MR) is 97.1 cm³/mol. The summed E-state index contributed by atoms with van der Waals surface area (Å²) in [7, 11) is 0. The highest BCUT2D eigenvalue weighted by molar-refractivity contribution is 5.95. The van der Waals surface area contributed by atoms with Crippen LogP contribution in [0.15, 0.2) is 11.3 Å². The third-order valence-corrected chi connectivity index (χ3v) is 8.60. The van der Waals surface area contributed by atoms with E-state index in [1.54, 1.807) is 0 Å². The minimum Gasteiger partial charge on any atom is -0.504 e. The van der Waals surface area contributed by atoms with Crippen LogP contribution >= 0.6 is 0 Å². The number of ketones is 2. The highest BCUT2D eigenvalue weighted by Crippen LogP contribution is 2.66. The largest absolute Gasteiger partial charge is 0.504 e. The Morgan fingerprint density at radius 2 is 1.84 bits per heavy atom. The molecule has 4 aliphatic rings. The summed E-state index contributed by atoms with van der Waals surface area (Å²) in [5, 5.41) is 10.4. The molecule has 0 saturated heterocycles. The second kappa shape index (κ2) is 5.69. The fourth-order valence-electron chi connectivity index (χ4n) is 7.38. The first-order chi connectivity index (χ1) is 11.8. The van der Waals surface area contributed by atoms with Gasteiger partial charge in [0.2, 0.25) is 0 Å². The Kier molecular flexibility index (Phi) is 3.94. The van der Waals surface area contributed by atoms with Gasteiger partial charge in [-0.3, -0.25) is 9.59 Å². The van der Waals surface area contributed by atoms with E-state index in [0.29, 0.717) is 35.9 Å². The molecule has 0 radical (unpaired) electrons. The topological polar surface area (TPSA) is 54.4 Å². The van der Waals surface area contributed by atoms with Crippen LogP contribution in [0, 0.1) is 34.5 Å². The molecular weight excluding hydrogens is 312 g/mol. The number of aliphatic hydroxyl groups excluding tert-OH is 1. The Morgan fingerprint density at radius 1 is 1.08 bits per heavy atom. The maximum Gasteiger partial charge on any atom is 0.197 e. The number of rotatable bonds is 2. The molecule has 3 heteroatoms. The van der Waals surface area contributed by atoms with Crippen molar-refractivity contribution < 1.29 is 14.7 Å². The first-order valence-electron chi connectivity index (χ1n) is 10.3. The van der Waals surface area contributed by atoms with Gasteiger partial charge >= 0.3 is 0 Å². The van der Waals surface area contributed by atoms with Crippen molar-refractivity contribution in [3.05, 3.63) is 11.3 Å². The summed E-state index contributed by atoms with van der Waals surface area (Å²) in [5.74, 6) is 2.67. The van der Waals surface area contributed by atoms with Crippen LogP contribution in [0.1, 0.15) is 78.6 Å². The van der Waals surface area contributed by atoms with Crippen molar-refractivity contribution in [3.63, 3.8) is 0 Å². The molecule has 25 heavy (non-hydrogen) atoms. The molecule has 0 aliphatic heterocycles. The van der Waals surface area contributed by atoms with Gasteiger partial charge in [0.1, 0.15) is 5.78 Å². The van der Waals surface area contributed by atoms with Crippen molar-refractivity contribution >= 4 is 11.6 Å². The fourth-order valence-corrected chi connectivity index (χ4v) is 7.38. The minimum absolute atomic E-state index is 0.0371. The van der Waals surface area contributed by atoms with Crippen LogP contribution in [0.25, 0.3) is 0 Å². The molecule has 1 N–H and O–H groups in total. The van der Waals surface area contributed by atoms with E-state index in [2.05, 4.69) is 20.8 Å². The van der Waals surface area contributed by atoms with Crippen LogP contribution in [0.2, 0.25) is 0 Å². The molecule has 3 saturated carbocycles. The molecule has 4 rings (SSSR count). The lowest BCUT2D eigenvalue weighted by molar-refractivity contribution is -0.133. The predicted octanol–water partition coefficient (Wildman–Crippen LogP) is 5.00. The van der Waals surface area contributed by atoms with E-state index >= 15 is 0 Å². The van der Waals surface area contributed by atoms with Gasteiger partial charge in [-0.2, -0.15) is 0 Å². The van der Waals surface area contributed by atoms with E-state index in [0.717, 1.165) is 50.5 Å². The summed E-state index contributed by atoms with van der Waals surface area (Å²) in [6, 6.07) is 0. The molecule has 0 amide bonds. The van der Waals surface area contributed by atoms with Crippen molar-refractivity contribution in [2.45, 2.75) is 78.6 Å². The number of aliphatic hydroxyl groups is 1. The number of hydrogen-bond donors (Lipinski definition) is 1. The smallest absolute Gasteiger partial charge is 0.197 e. The van der Waals surface area contributed by atoms with E-state index in [4.69, 9.17) is 0 Å². The number of hydrogen-bond acceptors (Lipinski definition) is 3. The molecule has 0 heterocycles. The van der Waals surface area contributed by atoms with Gasteiger partial charge in [-0.1, -0.05) is 27.2 Å². The third kappa shape index (κ3) is 2.23. The van der Waals surface area contributed by atoms with Crippen LogP contribution in [-0.4, -0.2) is 16.7 Å². The van der Waals surface area contributed by atoms with Crippen molar-refractivity contribution in [2.24, 2.45) is 34.5 Å². The zero-order valence-corrected chi connectivity index (χ0v) is 15.9. The van der Waals surface area contributed by atoms with E-state index < -0.39 is 0 Å². The number of carbonyl (C=O) groups excluding carboxylic acids is 2. The number of Topliss-reactive ketones (excluding diaryl/α,β-unsaturated/α-hetero) is 2. The van der Waals surface area contributed by atoms with E-state index in [-0.39, 0.29) is 22.4 Å². The highest BCUT2D eigenvalue weighted by Gasteiger charge is 2.62. The summed E-state index contributed by atoms with van der Waals surface area (Å²) in [6.45, 7) is 6.76. The third-order valence-electron chi connectivity index (χ3n) is 8.60. The van der Waals surface area contributed by atoms with Crippen LogP contribution in [-0.2, 0) is 9.59 Å². The molecule has 0 aromatic rings. The molecule has 3 nitrogen and oxygen atoms in total. The highest BCUT2D eigenvalue weighted by atomic mass is 16.3. The van der Waals surface area contributed by atoms with Gasteiger partial charge in [0, 0.05) is 18.3 Å². The van der Waals surface area contributed by atoms with Gasteiger partial charge in [0.05, 0.1) is 0 Å². The van der Waals surface area contributed by atoms with E-state index in [1.807, 2.05) is 0 Å². The Hall–Kier alpha value is -1.12. The van der Waals surface area contributed by atoms with Gasteiger partial charge in [-0.25, -0.2) is 0 Å². The standard InChI is InChI=1S/C22H32O3/c1-4-5-13-12-18(24)22(3)10-8-15-14(19(13)22)6-7-16-20(25)17(23)9-11-21(15,16)2/h13-15,19,25H,4-12H2,1-3H3/t13?,14-,15-,19+,21-,22-/m1/s1. The van der Waals surface area contributed by atoms with Crippen LogP contribution in [0.5, 0.6) is 0 Å². The van der Waals surface area contributed by atoms with Crippen molar-refractivity contribution in [2.75, 3.05) is 0 Å². The van der Waals surface area contributed by atoms with E-state index in [9.17, 15) is 14.7 Å². The molecule has 6 atom stereocenters. The van der Waals surface area contributed by atoms with Gasteiger partial charge in [0.15, 0.2) is 11.5 Å². The van der Waals surface area contributed by atoms with Gasteiger partial charge in [-0.05, 0) is 73.2 Å². The number of allylic oxidation sites excluding steroid dienone is 1. The van der Waals surface area contributed by atoms with Gasteiger partial charge in [-0.15, -0.1) is 0 Å². The van der Waals surface area contributed by atoms with Crippen LogP contribution in [0.4, 0.5) is 0 Å². The Morgan fingerprint density at radius 3 is 2.56 bits per heavy atom. The normalized spacial score (nSPS) is 46.7. The second-order valence-corrected chi connectivity index (χ2v) is 9.63. The lowest BCUT2D eigenvalue weighted by Crippen LogP contribution is -2.52. The summed E-state index contributed by atoms with van der Waals surface area (Å²) >= 11 is 0. The van der Waals surface area contributed by atoms with E-state index in [1.165, 1.54) is 6.42 Å². The summed E-state index contributed by atoms with van der Waals surface area (Å²) < 4.78 is 0. The number of fused-ring (bicyclic) bond motifs is 5. The average Bonchev–Trinajstić information content (AvgIpc) is 2.83. The molecule has 4 aliphatic carbocycles. The molecular formula is C22H32O3. The van der Waals surface area contributed by atoms with Gasteiger partial charge < -0.3 is 5.11 Å². The van der Waals surface area contributed by atoms with Crippen molar-refractivity contribution in [1.29, 1.82) is 0 Å². The zero-order chi connectivity index (χ0) is 18.0. The summed E-state index contributed by atoms with van der Waals surface area (Å²) in [5.41, 5.74) is 0.875. The maximum atomic E-state index is 12.9. The molecule has 0 aromatic heterocycles. The monoisotopic (exact) mass is 344 g/mol.